The lowest BCUT2D eigenvalue weighted by atomic mass is 9.99. The Kier molecular flexibility index (Phi) is 5.58. The fourth-order valence-corrected chi connectivity index (χ4v) is 3.14. The van der Waals surface area contributed by atoms with Crippen molar-refractivity contribution < 1.29 is 14.2 Å². The monoisotopic (exact) mass is 343 g/mol. The molecule has 6 heteroatoms. The van der Waals surface area contributed by atoms with E-state index in [0.717, 1.165) is 48.9 Å². The summed E-state index contributed by atoms with van der Waals surface area (Å²) in [5.74, 6) is 3.38. The van der Waals surface area contributed by atoms with E-state index >= 15 is 0 Å². The molecule has 0 aliphatic carbocycles. The molecule has 3 rings (SSSR count). The van der Waals surface area contributed by atoms with Gasteiger partial charge in [-0.2, -0.15) is 0 Å². The number of hydrogen-bond donors (Lipinski definition) is 0. The molecule has 134 valence electrons. The number of anilines is 1. The van der Waals surface area contributed by atoms with Crippen molar-refractivity contribution in [2.45, 2.75) is 19.8 Å². The van der Waals surface area contributed by atoms with Gasteiger partial charge in [0.2, 0.25) is 0 Å². The van der Waals surface area contributed by atoms with Crippen molar-refractivity contribution in [3.05, 3.63) is 36.2 Å². The van der Waals surface area contributed by atoms with E-state index in [1.165, 1.54) is 0 Å². The number of piperidine rings is 1. The maximum atomic E-state index is 6.01. The van der Waals surface area contributed by atoms with Gasteiger partial charge in [0.15, 0.2) is 17.3 Å². The van der Waals surface area contributed by atoms with Crippen LogP contribution in [0.5, 0.6) is 17.4 Å². The second-order valence-electron chi connectivity index (χ2n) is 6.26. The first-order valence-corrected chi connectivity index (χ1v) is 8.59. The highest BCUT2D eigenvalue weighted by Crippen LogP contribution is 2.30. The third-order valence-electron chi connectivity index (χ3n) is 4.40. The molecule has 1 unspecified atom stereocenters. The molecule has 1 saturated heterocycles. The number of hydrogen-bond acceptors (Lipinski definition) is 6. The van der Waals surface area contributed by atoms with Gasteiger partial charge < -0.3 is 19.1 Å². The summed E-state index contributed by atoms with van der Waals surface area (Å²) in [5.41, 5.74) is 0.892. The summed E-state index contributed by atoms with van der Waals surface area (Å²) in [6.07, 6.45) is 3.96. The predicted octanol–water partition coefficient (Wildman–Crippen LogP) is 3.10. The Balaban J connectivity index is 1.66. The zero-order chi connectivity index (χ0) is 17.6. The summed E-state index contributed by atoms with van der Waals surface area (Å²) in [6.45, 7) is 4.43. The van der Waals surface area contributed by atoms with E-state index in [9.17, 15) is 0 Å². The summed E-state index contributed by atoms with van der Waals surface area (Å²) in [7, 11) is 3.29. The molecule has 6 nitrogen and oxygen atoms in total. The Morgan fingerprint density at radius 3 is 2.72 bits per heavy atom. The molecule has 0 N–H and O–H groups in total. The van der Waals surface area contributed by atoms with Gasteiger partial charge in [0.25, 0.3) is 5.88 Å². The third-order valence-corrected chi connectivity index (χ3v) is 4.40. The van der Waals surface area contributed by atoms with Gasteiger partial charge in [-0.1, -0.05) is 12.1 Å². The van der Waals surface area contributed by atoms with Gasteiger partial charge in [0.1, 0.15) is 0 Å². The lowest BCUT2D eigenvalue weighted by molar-refractivity contribution is 0.220. The summed E-state index contributed by atoms with van der Waals surface area (Å²) in [6, 6.07) is 7.75. The molecule has 0 radical (unpaired) electrons. The lowest BCUT2D eigenvalue weighted by Crippen LogP contribution is -2.38. The molecule has 1 aliphatic heterocycles. The van der Waals surface area contributed by atoms with Crippen molar-refractivity contribution in [1.29, 1.82) is 0 Å². The number of ether oxygens (including phenoxy) is 3. The highest BCUT2D eigenvalue weighted by Gasteiger charge is 2.24. The fourth-order valence-electron chi connectivity index (χ4n) is 3.14. The Morgan fingerprint density at radius 2 is 1.96 bits per heavy atom. The Bertz CT molecular complexity index is 708. The van der Waals surface area contributed by atoms with Gasteiger partial charge in [-0.3, -0.25) is 0 Å². The van der Waals surface area contributed by atoms with Crippen LogP contribution in [0.15, 0.2) is 30.5 Å². The molecule has 1 fully saturated rings. The summed E-state index contributed by atoms with van der Waals surface area (Å²) in [5, 5.41) is 0. The van der Waals surface area contributed by atoms with Crippen molar-refractivity contribution in [3.8, 4) is 17.4 Å². The molecule has 0 saturated carbocycles. The number of para-hydroxylation sites is 2. The molecular formula is C19H25N3O3. The summed E-state index contributed by atoms with van der Waals surface area (Å²) >= 11 is 0. The molecule has 0 bridgehead atoms. The zero-order valence-corrected chi connectivity index (χ0v) is 15.1. The average Bonchev–Trinajstić information content (AvgIpc) is 2.66. The third kappa shape index (κ3) is 4.13. The van der Waals surface area contributed by atoms with Gasteiger partial charge >= 0.3 is 0 Å². The maximum absolute atomic E-state index is 6.01. The van der Waals surface area contributed by atoms with Gasteiger partial charge in [-0.25, -0.2) is 9.97 Å². The molecule has 1 aromatic carbocycles. The Labute approximate surface area is 148 Å². The average molecular weight is 343 g/mol. The van der Waals surface area contributed by atoms with E-state index in [1.54, 1.807) is 20.4 Å². The predicted molar refractivity (Wildman–Crippen MR) is 96.7 cm³/mol. The Morgan fingerprint density at radius 1 is 1.16 bits per heavy atom. The standard InChI is InChI=1S/C19H25N3O3/c1-14-11-20-19(24-3)18(21-14)22-10-6-7-15(12-22)13-25-17-9-5-4-8-16(17)23-2/h4-5,8-9,11,15H,6-7,10,12-13H2,1-3H3. The van der Waals surface area contributed by atoms with E-state index in [2.05, 4.69) is 14.9 Å². The second-order valence-corrected chi connectivity index (χ2v) is 6.26. The first kappa shape index (κ1) is 17.3. The van der Waals surface area contributed by atoms with Crippen molar-refractivity contribution in [3.63, 3.8) is 0 Å². The number of nitrogens with zero attached hydrogens (tertiary/aromatic N) is 3. The molecule has 1 atom stereocenters. The molecule has 0 amide bonds. The van der Waals surface area contributed by atoms with Crippen LogP contribution in [0.25, 0.3) is 0 Å². The van der Waals surface area contributed by atoms with Crippen LogP contribution in [-0.4, -0.2) is 43.9 Å². The minimum absolute atomic E-state index is 0.422. The molecular weight excluding hydrogens is 318 g/mol. The normalized spacial score (nSPS) is 17.2. The van der Waals surface area contributed by atoms with Gasteiger partial charge in [0, 0.05) is 19.0 Å². The van der Waals surface area contributed by atoms with Crippen molar-refractivity contribution in [2.75, 3.05) is 38.8 Å². The SMILES string of the molecule is COc1ccccc1OCC1CCCN(c2nc(C)cnc2OC)C1. The van der Waals surface area contributed by atoms with E-state index in [4.69, 9.17) is 14.2 Å². The number of benzene rings is 1. The van der Waals surface area contributed by atoms with Crippen LogP contribution in [0.2, 0.25) is 0 Å². The summed E-state index contributed by atoms with van der Waals surface area (Å²) in [4.78, 5) is 11.2. The van der Waals surface area contributed by atoms with Crippen LogP contribution < -0.4 is 19.1 Å². The highest BCUT2D eigenvalue weighted by atomic mass is 16.5. The molecule has 2 heterocycles. The molecule has 25 heavy (non-hydrogen) atoms. The molecule has 1 aliphatic rings. The smallest absolute Gasteiger partial charge is 0.257 e. The van der Waals surface area contributed by atoms with Gasteiger partial charge in [-0.15, -0.1) is 0 Å². The van der Waals surface area contributed by atoms with E-state index < -0.39 is 0 Å². The minimum atomic E-state index is 0.422. The number of aromatic nitrogens is 2. The number of rotatable bonds is 6. The lowest BCUT2D eigenvalue weighted by Gasteiger charge is -2.33. The fraction of sp³-hybridized carbons (Fsp3) is 0.474. The quantitative estimate of drug-likeness (QED) is 0.803. The molecule has 0 spiro atoms. The van der Waals surface area contributed by atoms with Crippen molar-refractivity contribution in [1.82, 2.24) is 9.97 Å². The van der Waals surface area contributed by atoms with Crippen LogP contribution in [0, 0.1) is 12.8 Å². The van der Waals surface area contributed by atoms with Crippen molar-refractivity contribution in [2.24, 2.45) is 5.92 Å². The van der Waals surface area contributed by atoms with E-state index in [0.29, 0.717) is 18.4 Å². The van der Waals surface area contributed by atoms with Gasteiger partial charge in [-0.05, 0) is 31.9 Å². The van der Waals surface area contributed by atoms with Crippen LogP contribution in [-0.2, 0) is 0 Å². The molecule has 1 aromatic heterocycles. The second kappa shape index (κ2) is 8.05. The van der Waals surface area contributed by atoms with Crippen LogP contribution in [0.4, 0.5) is 5.82 Å². The van der Waals surface area contributed by atoms with Gasteiger partial charge in [0.05, 0.1) is 32.7 Å². The minimum Gasteiger partial charge on any atom is -0.493 e. The highest BCUT2D eigenvalue weighted by molar-refractivity contribution is 5.49. The summed E-state index contributed by atoms with van der Waals surface area (Å²) < 4.78 is 16.7. The van der Waals surface area contributed by atoms with Crippen LogP contribution >= 0.6 is 0 Å². The largest absolute Gasteiger partial charge is 0.493 e. The zero-order valence-electron chi connectivity index (χ0n) is 15.1. The Hall–Kier alpha value is -2.50. The van der Waals surface area contributed by atoms with E-state index in [1.807, 2.05) is 31.2 Å². The number of methoxy groups -OCH3 is 2. The van der Waals surface area contributed by atoms with Crippen LogP contribution in [0.3, 0.4) is 0 Å². The first-order valence-electron chi connectivity index (χ1n) is 8.59. The maximum Gasteiger partial charge on any atom is 0.257 e. The van der Waals surface area contributed by atoms with Crippen molar-refractivity contribution >= 4 is 5.82 Å². The van der Waals surface area contributed by atoms with E-state index in [-0.39, 0.29) is 0 Å². The van der Waals surface area contributed by atoms with Crippen LogP contribution in [0.1, 0.15) is 18.5 Å². The topological polar surface area (TPSA) is 56.7 Å². The molecule has 2 aromatic rings. The first-order chi connectivity index (χ1) is 12.2. The number of aryl methyl sites for hydroxylation is 1.